The van der Waals surface area contributed by atoms with Crippen molar-refractivity contribution < 1.29 is 14.3 Å². The van der Waals surface area contributed by atoms with E-state index in [2.05, 4.69) is 4.98 Å². The Morgan fingerprint density at radius 1 is 1.33 bits per heavy atom. The summed E-state index contributed by atoms with van der Waals surface area (Å²) >= 11 is 0. The molecule has 0 unspecified atom stereocenters. The van der Waals surface area contributed by atoms with Gasteiger partial charge in [-0.25, -0.2) is 0 Å². The van der Waals surface area contributed by atoms with Crippen molar-refractivity contribution >= 4 is 12.6 Å². The molecule has 5 nitrogen and oxygen atoms in total. The van der Waals surface area contributed by atoms with E-state index in [0.717, 1.165) is 30.7 Å². The minimum atomic E-state index is 0.446. The molecule has 0 amide bonds. The quantitative estimate of drug-likeness (QED) is 0.837. The Morgan fingerprint density at radius 2 is 2.17 bits per heavy atom. The third-order valence-corrected chi connectivity index (χ3v) is 3.33. The zero-order chi connectivity index (χ0) is 12.7. The van der Waals surface area contributed by atoms with E-state index in [1.54, 1.807) is 6.92 Å². The van der Waals surface area contributed by atoms with Crippen molar-refractivity contribution in [1.29, 1.82) is 0 Å². The summed E-state index contributed by atoms with van der Waals surface area (Å²) in [6, 6.07) is 3.76. The van der Waals surface area contributed by atoms with Gasteiger partial charge in [-0.3, -0.25) is 9.59 Å². The van der Waals surface area contributed by atoms with Crippen LogP contribution in [0.4, 0.5) is 0 Å². The van der Waals surface area contributed by atoms with Crippen molar-refractivity contribution in [2.24, 2.45) is 0 Å². The van der Waals surface area contributed by atoms with Gasteiger partial charge in [0.1, 0.15) is 6.61 Å². The Morgan fingerprint density at radius 3 is 2.89 bits per heavy atom. The highest BCUT2D eigenvalue weighted by Crippen LogP contribution is 2.32. The molecule has 0 saturated heterocycles. The van der Waals surface area contributed by atoms with Crippen LogP contribution in [0.5, 0.6) is 5.88 Å². The van der Waals surface area contributed by atoms with Crippen LogP contribution >= 0.6 is 0 Å². The third kappa shape index (κ3) is 1.33. The van der Waals surface area contributed by atoms with Gasteiger partial charge >= 0.3 is 0 Å². The Bertz CT molecular complexity index is 637. The van der Waals surface area contributed by atoms with Gasteiger partial charge in [0.25, 0.3) is 0 Å². The van der Waals surface area contributed by atoms with Crippen molar-refractivity contribution in [3.8, 4) is 17.3 Å². The molecule has 0 aromatic carbocycles. The fourth-order valence-corrected chi connectivity index (χ4v) is 2.36. The molecule has 0 fully saturated rings. The number of aromatic nitrogens is 2. The molecule has 92 valence electrons. The van der Waals surface area contributed by atoms with E-state index in [0.29, 0.717) is 29.1 Å². The highest BCUT2D eigenvalue weighted by molar-refractivity contribution is 5.92. The van der Waals surface area contributed by atoms with Gasteiger partial charge < -0.3 is 14.3 Å². The molecule has 0 aliphatic carbocycles. The smallest absolute Gasteiger partial charge is 0.194 e. The zero-order valence-corrected chi connectivity index (χ0v) is 9.90. The van der Waals surface area contributed by atoms with Gasteiger partial charge in [0.05, 0.1) is 23.6 Å². The van der Waals surface area contributed by atoms with Gasteiger partial charge in [-0.2, -0.15) is 0 Å². The van der Waals surface area contributed by atoms with Gasteiger partial charge in [0, 0.05) is 11.6 Å². The minimum absolute atomic E-state index is 0.446. The summed E-state index contributed by atoms with van der Waals surface area (Å²) in [5, 5.41) is 0. The van der Waals surface area contributed by atoms with Gasteiger partial charge in [-0.1, -0.05) is 0 Å². The van der Waals surface area contributed by atoms with Gasteiger partial charge in [-0.15, -0.1) is 0 Å². The van der Waals surface area contributed by atoms with Gasteiger partial charge in [0.2, 0.25) is 0 Å². The Labute approximate surface area is 103 Å². The molecule has 18 heavy (non-hydrogen) atoms. The summed E-state index contributed by atoms with van der Waals surface area (Å²) in [6.07, 6.45) is 1.51. The summed E-state index contributed by atoms with van der Waals surface area (Å²) < 4.78 is 7.42. The molecule has 1 N–H and O–H groups in total. The normalized spacial score (nSPS) is 13.2. The molecule has 1 aliphatic heterocycles. The van der Waals surface area contributed by atoms with Crippen LogP contribution in [0.3, 0.4) is 0 Å². The second-order valence-corrected chi connectivity index (χ2v) is 4.24. The Hall–Kier alpha value is -2.30. The van der Waals surface area contributed by atoms with E-state index in [1.807, 2.05) is 16.7 Å². The third-order valence-electron chi connectivity index (χ3n) is 3.33. The number of fused-ring (bicyclic) bond motifs is 1. The number of hydrogen-bond donors (Lipinski definition) is 1. The highest BCUT2D eigenvalue weighted by Gasteiger charge is 2.21. The van der Waals surface area contributed by atoms with Crippen molar-refractivity contribution in [3.63, 3.8) is 0 Å². The standard InChI is InChI=1S/C13H12N2O3/c1-8-9(6-16)13(14-10(8)7-17)11-2-3-12-15(11)4-5-18-12/h2-3,6-7,14H,4-5H2,1H3. The zero-order valence-electron chi connectivity index (χ0n) is 9.90. The Kier molecular flexibility index (Phi) is 2.33. The van der Waals surface area contributed by atoms with E-state index in [9.17, 15) is 9.59 Å². The number of H-pyrrole nitrogens is 1. The predicted molar refractivity (Wildman–Crippen MR) is 65.2 cm³/mol. The number of ether oxygens (including phenoxy) is 1. The number of carbonyl (C=O) groups excluding carboxylic acids is 2. The first-order valence-electron chi connectivity index (χ1n) is 5.72. The van der Waals surface area contributed by atoms with E-state index >= 15 is 0 Å². The second-order valence-electron chi connectivity index (χ2n) is 4.24. The Balaban J connectivity index is 2.22. The molecule has 5 heteroatoms. The van der Waals surface area contributed by atoms with Crippen LogP contribution in [0.2, 0.25) is 0 Å². The minimum Gasteiger partial charge on any atom is -0.477 e. The van der Waals surface area contributed by atoms with Crippen LogP contribution in [0, 0.1) is 6.92 Å². The average molecular weight is 244 g/mol. The van der Waals surface area contributed by atoms with Crippen LogP contribution in [0.15, 0.2) is 12.1 Å². The maximum atomic E-state index is 11.2. The summed E-state index contributed by atoms with van der Waals surface area (Å²) in [5.74, 6) is 0.793. The fraction of sp³-hybridized carbons (Fsp3) is 0.231. The van der Waals surface area contributed by atoms with Crippen LogP contribution < -0.4 is 4.74 Å². The number of rotatable bonds is 3. The number of aromatic amines is 1. The molecule has 3 heterocycles. The van der Waals surface area contributed by atoms with Crippen LogP contribution in [-0.4, -0.2) is 28.7 Å². The summed E-state index contributed by atoms with van der Waals surface area (Å²) in [7, 11) is 0. The molecule has 2 aromatic heterocycles. The number of nitrogens with one attached hydrogen (secondary N) is 1. The van der Waals surface area contributed by atoms with E-state index in [1.165, 1.54) is 0 Å². The molecule has 1 aliphatic rings. The predicted octanol–water partition coefficient (Wildman–Crippen LogP) is 1.81. The lowest BCUT2D eigenvalue weighted by molar-refractivity contribution is 0.111. The molecule has 0 atom stereocenters. The summed E-state index contributed by atoms with van der Waals surface area (Å²) in [4.78, 5) is 25.1. The molecular weight excluding hydrogens is 232 g/mol. The average Bonchev–Trinajstić information content (AvgIpc) is 3.02. The summed E-state index contributed by atoms with van der Waals surface area (Å²) in [6.45, 7) is 3.15. The van der Waals surface area contributed by atoms with Crippen LogP contribution in [0.1, 0.15) is 26.4 Å². The number of nitrogens with zero attached hydrogens (tertiary/aromatic N) is 1. The monoisotopic (exact) mass is 244 g/mol. The van der Waals surface area contributed by atoms with Crippen molar-refractivity contribution in [3.05, 3.63) is 29.0 Å². The molecule has 0 saturated carbocycles. The van der Waals surface area contributed by atoms with E-state index in [-0.39, 0.29) is 0 Å². The van der Waals surface area contributed by atoms with E-state index in [4.69, 9.17) is 4.74 Å². The first-order chi connectivity index (χ1) is 8.76. The lowest BCUT2D eigenvalue weighted by atomic mass is 10.1. The van der Waals surface area contributed by atoms with Crippen molar-refractivity contribution in [2.75, 3.05) is 6.61 Å². The molecule has 0 spiro atoms. The largest absolute Gasteiger partial charge is 0.477 e. The molecular formula is C13H12N2O3. The molecule has 0 bridgehead atoms. The maximum Gasteiger partial charge on any atom is 0.194 e. The lowest BCUT2D eigenvalue weighted by Crippen LogP contribution is -1.97. The first kappa shape index (κ1) is 10.8. The SMILES string of the molecule is Cc1c(C=O)[nH]c(-c2ccc3n2CCO3)c1C=O. The first-order valence-corrected chi connectivity index (χ1v) is 5.72. The van der Waals surface area contributed by atoms with Gasteiger partial charge in [-0.05, 0) is 18.6 Å². The van der Waals surface area contributed by atoms with Crippen molar-refractivity contribution in [2.45, 2.75) is 13.5 Å². The summed E-state index contributed by atoms with van der Waals surface area (Å²) in [5.41, 5.74) is 3.22. The van der Waals surface area contributed by atoms with Gasteiger partial charge in [0.15, 0.2) is 18.5 Å². The number of carbonyl (C=O) groups is 2. The maximum absolute atomic E-state index is 11.2. The second kappa shape index (κ2) is 3.87. The van der Waals surface area contributed by atoms with E-state index < -0.39 is 0 Å². The van der Waals surface area contributed by atoms with Crippen LogP contribution in [-0.2, 0) is 6.54 Å². The highest BCUT2D eigenvalue weighted by atomic mass is 16.5. The molecule has 2 aromatic rings. The van der Waals surface area contributed by atoms with Crippen LogP contribution in [0.25, 0.3) is 11.4 Å². The van der Waals surface area contributed by atoms with Crippen molar-refractivity contribution in [1.82, 2.24) is 9.55 Å². The lowest BCUT2D eigenvalue weighted by Gasteiger charge is -2.03. The molecule has 0 radical (unpaired) electrons. The number of aldehydes is 2. The number of hydrogen-bond acceptors (Lipinski definition) is 3. The fourth-order valence-electron chi connectivity index (χ4n) is 2.36. The topological polar surface area (TPSA) is 64.1 Å². The molecule has 3 rings (SSSR count).